The maximum atomic E-state index is 12.6. The summed E-state index contributed by atoms with van der Waals surface area (Å²) < 4.78 is 12.8. The number of aromatic nitrogens is 3. The average molecular weight is 489 g/mol. The van der Waals surface area contributed by atoms with Gasteiger partial charge in [0.2, 0.25) is 5.91 Å². The normalized spacial score (nSPS) is 10.7. The molecule has 0 spiro atoms. The molecule has 180 valence electrons. The third kappa shape index (κ3) is 6.02. The molecule has 1 amide bonds. The maximum Gasteiger partial charge on any atom is 0.234 e. The number of nitrogens with zero attached hydrogens (tertiary/aromatic N) is 3. The third-order valence-corrected chi connectivity index (χ3v) is 6.29. The smallest absolute Gasteiger partial charge is 0.234 e. The molecule has 4 aromatic rings. The van der Waals surface area contributed by atoms with Crippen molar-refractivity contribution in [3.8, 4) is 28.6 Å². The van der Waals surface area contributed by atoms with Gasteiger partial charge in [-0.1, -0.05) is 30.8 Å². The number of methoxy groups -OCH3 is 1. The van der Waals surface area contributed by atoms with E-state index in [4.69, 9.17) is 9.47 Å². The lowest BCUT2D eigenvalue weighted by molar-refractivity contribution is -0.113. The minimum atomic E-state index is -0.105. The Balaban J connectivity index is 1.57. The van der Waals surface area contributed by atoms with E-state index < -0.39 is 0 Å². The number of carbonyl (C=O) groups excluding carboxylic acids is 1. The van der Waals surface area contributed by atoms with Gasteiger partial charge in [0.15, 0.2) is 11.0 Å². The molecular formula is C27H28N4O3S. The molecule has 0 fully saturated rings. The number of ether oxygens (including phenoxy) is 2. The summed E-state index contributed by atoms with van der Waals surface area (Å²) in [5.74, 6) is 2.33. The van der Waals surface area contributed by atoms with Crippen molar-refractivity contribution in [1.29, 1.82) is 0 Å². The molecule has 8 heteroatoms. The molecule has 0 saturated carbocycles. The number of amides is 1. The Hall–Kier alpha value is -3.78. The van der Waals surface area contributed by atoms with Crippen LogP contribution in [0.15, 0.2) is 78.0 Å². The molecule has 1 N–H and O–H groups in total. The van der Waals surface area contributed by atoms with Gasteiger partial charge >= 0.3 is 0 Å². The van der Waals surface area contributed by atoms with Crippen molar-refractivity contribution >= 4 is 23.4 Å². The fourth-order valence-corrected chi connectivity index (χ4v) is 4.28. The zero-order chi connectivity index (χ0) is 24.6. The van der Waals surface area contributed by atoms with E-state index in [-0.39, 0.29) is 11.7 Å². The highest BCUT2D eigenvalue weighted by Gasteiger charge is 2.18. The number of anilines is 1. The van der Waals surface area contributed by atoms with Crippen molar-refractivity contribution in [3.63, 3.8) is 0 Å². The molecule has 0 atom stereocenters. The van der Waals surface area contributed by atoms with Gasteiger partial charge in [0.25, 0.3) is 0 Å². The Bertz CT molecular complexity index is 1250. The highest BCUT2D eigenvalue weighted by Crippen LogP contribution is 2.30. The summed E-state index contributed by atoms with van der Waals surface area (Å²) in [6.07, 6.45) is 0.960. The Morgan fingerprint density at radius 2 is 1.60 bits per heavy atom. The van der Waals surface area contributed by atoms with Crippen LogP contribution in [0, 0.1) is 0 Å². The van der Waals surface area contributed by atoms with Gasteiger partial charge in [-0.25, -0.2) is 0 Å². The van der Waals surface area contributed by atoms with Crippen molar-refractivity contribution < 1.29 is 14.3 Å². The van der Waals surface area contributed by atoms with E-state index in [9.17, 15) is 4.79 Å². The van der Waals surface area contributed by atoms with Gasteiger partial charge in [0.05, 0.1) is 19.5 Å². The van der Waals surface area contributed by atoms with E-state index in [2.05, 4.69) is 22.4 Å². The van der Waals surface area contributed by atoms with E-state index in [1.807, 2.05) is 84.3 Å². The summed E-state index contributed by atoms with van der Waals surface area (Å²) in [4.78, 5) is 12.6. The van der Waals surface area contributed by atoms with Crippen molar-refractivity contribution in [1.82, 2.24) is 14.8 Å². The van der Waals surface area contributed by atoms with Crippen LogP contribution in [0.4, 0.5) is 5.69 Å². The van der Waals surface area contributed by atoms with Gasteiger partial charge in [-0.2, -0.15) is 0 Å². The topological polar surface area (TPSA) is 78.3 Å². The minimum absolute atomic E-state index is 0.105. The lowest BCUT2D eigenvalue weighted by atomic mass is 10.1. The first-order valence-corrected chi connectivity index (χ1v) is 12.4. The first-order chi connectivity index (χ1) is 17.1. The fraction of sp³-hybridized carbons (Fsp3) is 0.222. The van der Waals surface area contributed by atoms with E-state index in [0.29, 0.717) is 17.6 Å². The summed E-state index contributed by atoms with van der Waals surface area (Å²) in [7, 11) is 1.63. The minimum Gasteiger partial charge on any atom is -0.497 e. The lowest BCUT2D eigenvalue weighted by Crippen LogP contribution is -2.14. The van der Waals surface area contributed by atoms with Crippen LogP contribution in [0.1, 0.15) is 19.4 Å². The third-order valence-electron chi connectivity index (χ3n) is 5.37. The number of benzene rings is 3. The maximum absolute atomic E-state index is 12.6. The number of thioether (sulfide) groups is 1. The monoisotopic (exact) mass is 488 g/mol. The van der Waals surface area contributed by atoms with E-state index in [1.54, 1.807) is 7.11 Å². The average Bonchev–Trinajstić information content (AvgIpc) is 3.32. The molecule has 0 saturated heterocycles. The summed E-state index contributed by atoms with van der Waals surface area (Å²) in [6.45, 7) is 4.65. The molecular weight excluding hydrogens is 460 g/mol. The molecule has 1 heterocycles. The highest BCUT2D eigenvalue weighted by atomic mass is 32.2. The second kappa shape index (κ2) is 11.6. The van der Waals surface area contributed by atoms with Crippen molar-refractivity contribution in [2.24, 2.45) is 0 Å². The zero-order valence-electron chi connectivity index (χ0n) is 20.0. The van der Waals surface area contributed by atoms with Crippen molar-refractivity contribution in [2.75, 3.05) is 24.8 Å². The van der Waals surface area contributed by atoms with E-state index >= 15 is 0 Å². The number of aryl methyl sites for hydroxylation is 1. The van der Waals surface area contributed by atoms with Crippen LogP contribution >= 0.6 is 11.8 Å². The lowest BCUT2D eigenvalue weighted by Gasteiger charge is -2.12. The summed E-state index contributed by atoms with van der Waals surface area (Å²) >= 11 is 1.34. The Labute approximate surface area is 209 Å². The van der Waals surface area contributed by atoms with Crippen LogP contribution in [0.25, 0.3) is 17.1 Å². The number of carbonyl (C=O) groups is 1. The van der Waals surface area contributed by atoms with Crippen LogP contribution in [0.3, 0.4) is 0 Å². The molecule has 0 aliphatic rings. The van der Waals surface area contributed by atoms with Crippen LogP contribution in [0.5, 0.6) is 11.5 Å². The first-order valence-electron chi connectivity index (χ1n) is 11.5. The predicted molar refractivity (Wildman–Crippen MR) is 140 cm³/mol. The van der Waals surface area contributed by atoms with E-state index in [0.717, 1.165) is 34.9 Å². The van der Waals surface area contributed by atoms with Gasteiger partial charge in [0.1, 0.15) is 11.5 Å². The molecule has 4 rings (SSSR count). The van der Waals surface area contributed by atoms with Gasteiger partial charge in [-0.3, -0.25) is 9.36 Å². The summed E-state index contributed by atoms with van der Waals surface area (Å²) in [5.41, 5.74) is 3.77. The van der Waals surface area contributed by atoms with Gasteiger partial charge in [-0.05, 0) is 79.6 Å². The molecule has 3 aromatic carbocycles. The first kappa shape index (κ1) is 24.3. The number of hydrogen-bond acceptors (Lipinski definition) is 6. The van der Waals surface area contributed by atoms with Crippen LogP contribution in [0.2, 0.25) is 0 Å². The molecule has 0 radical (unpaired) electrons. The number of hydrogen-bond donors (Lipinski definition) is 1. The summed E-state index contributed by atoms with van der Waals surface area (Å²) in [6, 6.07) is 23.3. The number of nitrogens with one attached hydrogen (secondary N) is 1. The van der Waals surface area contributed by atoms with Crippen LogP contribution < -0.4 is 14.8 Å². The number of rotatable bonds is 10. The Morgan fingerprint density at radius 1 is 0.914 bits per heavy atom. The molecule has 0 unspecified atom stereocenters. The molecule has 0 bridgehead atoms. The van der Waals surface area contributed by atoms with E-state index in [1.165, 1.54) is 17.3 Å². The highest BCUT2D eigenvalue weighted by molar-refractivity contribution is 7.99. The predicted octanol–water partition coefficient (Wildman–Crippen LogP) is 5.63. The Morgan fingerprint density at radius 3 is 2.23 bits per heavy atom. The van der Waals surface area contributed by atoms with Crippen molar-refractivity contribution in [3.05, 3.63) is 78.4 Å². The van der Waals surface area contributed by atoms with Crippen LogP contribution in [-0.4, -0.2) is 40.1 Å². The molecule has 35 heavy (non-hydrogen) atoms. The fourth-order valence-electron chi connectivity index (χ4n) is 3.53. The van der Waals surface area contributed by atoms with Gasteiger partial charge < -0.3 is 14.8 Å². The molecule has 7 nitrogen and oxygen atoms in total. The van der Waals surface area contributed by atoms with Crippen LogP contribution in [-0.2, 0) is 11.2 Å². The van der Waals surface area contributed by atoms with Gasteiger partial charge in [-0.15, -0.1) is 10.2 Å². The van der Waals surface area contributed by atoms with Gasteiger partial charge in [0, 0.05) is 16.9 Å². The van der Waals surface area contributed by atoms with Crippen molar-refractivity contribution in [2.45, 2.75) is 25.4 Å². The second-order valence-electron chi connectivity index (χ2n) is 7.68. The second-order valence-corrected chi connectivity index (χ2v) is 8.63. The standard InChI is InChI=1S/C27H28N4O3S/c1-4-19-6-10-21(11-7-19)28-25(32)18-35-27-30-29-26(20-8-14-23(33-3)15-9-20)31(27)22-12-16-24(17-13-22)34-5-2/h6-17H,4-5,18H2,1-3H3,(H,28,32). The SMILES string of the molecule is CCOc1ccc(-n2c(SCC(=O)Nc3ccc(CC)cc3)nnc2-c2ccc(OC)cc2)cc1. The quantitative estimate of drug-likeness (QED) is 0.291. The molecule has 0 aliphatic heterocycles. The Kier molecular flexibility index (Phi) is 8.05. The molecule has 1 aromatic heterocycles. The molecule has 0 aliphatic carbocycles. The largest absolute Gasteiger partial charge is 0.497 e. The zero-order valence-corrected chi connectivity index (χ0v) is 20.8. The summed E-state index contributed by atoms with van der Waals surface area (Å²) in [5, 5.41) is 12.4.